The van der Waals surface area contributed by atoms with Gasteiger partial charge in [-0.2, -0.15) is 0 Å². The van der Waals surface area contributed by atoms with Crippen molar-refractivity contribution >= 4 is 11.7 Å². The molecule has 1 amide bonds. The van der Waals surface area contributed by atoms with E-state index in [9.17, 15) is 4.79 Å². The van der Waals surface area contributed by atoms with Gasteiger partial charge in [-0.15, -0.1) is 0 Å². The van der Waals surface area contributed by atoms with Crippen LogP contribution in [-0.2, 0) is 4.79 Å². The number of carbonyl (C=O) groups is 1. The zero-order valence-corrected chi connectivity index (χ0v) is 15.7. The topological polar surface area (TPSA) is 52.6 Å². The molecule has 0 spiro atoms. The summed E-state index contributed by atoms with van der Waals surface area (Å²) in [5.74, 6) is 1.31. The minimum atomic E-state index is 0.320. The lowest BCUT2D eigenvalue weighted by atomic mass is 10.0. The molecule has 1 aromatic heterocycles. The standard InChI is InChI=1S/C19H31N5O/c1-16-13-18(21-15-20-16)22(2)17-7-11-23(12-8-17)14-19(25)24-9-5-3-4-6-10-24/h13,15,17H,3-12,14H2,1-2H3. The van der Waals surface area contributed by atoms with E-state index in [1.807, 2.05) is 13.0 Å². The number of likely N-dealkylation sites (tertiary alicyclic amines) is 2. The lowest BCUT2D eigenvalue weighted by molar-refractivity contribution is -0.132. The average molecular weight is 345 g/mol. The minimum absolute atomic E-state index is 0.320. The Morgan fingerprint density at radius 1 is 1.12 bits per heavy atom. The number of carbonyl (C=O) groups excluding carboxylic acids is 1. The van der Waals surface area contributed by atoms with Crippen molar-refractivity contribution in [3.63, 3.8) is 0 Å². The summed E-state index contributed by atoms with van der Waals surface area (Å²) in [5, 5.41) is 0. The summed E-state index contributed by atoms with van der Waals surface area (Å²) in [6, 6.07) is 2.52. The van der Waals surface area contributed by atoms with Crippen LogP contribution in [0, 0.1) is 6.92 Å². The van der Waals surface area contributed by atoms with Crippen LogP contribution in [-0.4, -0.2) is 71.5 Å². The minimum Gasteiger partial charge on any atom is -0.356 e. The van der Waals surface area contributed by atoms with Crippen molar-refractivity contribution in [2.75, 3.05) is 44.7 Å². The van der Waals surface area contributed by atoms with E-state index in [0.29, 0.717) is 18.5 Å². The van der Waals surface area contributed by atoms with Crippen molar-refractivity contribution in [2.24, 2.45) is 0 Å². The fraction of sp³-hybridized carbons (Fsp3) is 0.737. The molecule has 0 radical (unpaired) electrons. The Kier molecular flexibility index (Phi) is 6.24. The number of hydrogen-bond donors (Lipinski definition) is 0. The molecule has 2 aliphatic heterocycles. The Hall–Kier alpha value is -1.69. The summed E-state index contributed by atoms with van der Waals surface area (Å²) in [6.45, 7) is 6.45. The molecular weight excluding hydrogens is 314 g/mol. The smallest absolute Gasteiger partial charge is 0.236 e. The van der Waals surface area contributed by atoms with Gasteiger partial charge in [-0.1, -0.05) is 12.8 Å². The van der Waals surface area contributed by atoms with Crippen LogP contribution in [0.25, 0.3) is 0 Å². The van der Waals surface area contributed by atoms with Crippen molar-refractivity contribution in [1.82, 2.24) is 19.8 Å². The van der Waals surface area contributed by atoms with Gasteiger partial charge >= 0.3 is 0 Å². The first kappa shape index (κ1) is 18.1. The zero-order valence-electron chi connectivity index (χ0n) is 15.7. The normalized spacial score (nSPS) is 20.3. The third-order valence-corrected chi connectivity index (χ3v) is 5.57. The molecule has 2 aliphatic rings. The third kappa shape index (κ3) is 4.91. The maximum atomic E-state index is 12.6. The molecular formula is C19H31N5O. The van der Waals surface area contributed by atoms with Crippen LogP contribution in [0.1, 0.15) is 44.2 Å². The van der Waals surface area contributed by atoms with E-state index in [0.717, 1.165) is 63.4 Å². The number of piperidine rings is 1. The fourth-order valence-electron chi connectivity index (χ4n) is 3.90. The predicted octanol–water partition coefficient (Wildman–Crippen LogP) is 2.09. The summed E-state index contributed by atoms with van der Waals surface area (Å²) in [6.07, 6.45) is 8.65. The van der Waals surface area contributed by atoms with E-state index in [2.05, 4.69) is 31.7 Å². The van der Waals surface area contributed by atoms with Gasteiger partial charge in [0.25, 0.3) is 0 Å². The molecule has 1 aromatic rings. The quantitative estimate of drug-likeness (QED) is 0.836. The van der Waals surface area contributed by atoms with Crippen molar-refractivity contribution in [3.8, 4) is 0 Å². The molecule has 138 valence electrons. The molecule has 0 unspecified atom stereocenters. The van der Waals surface area contributed by atoms with Crippen molar-refractivity contribution in [2.45, 2.75) is 51.5 Å². The summed E-state index contributed by atoms with van der Waals surface area (Å²) in [7, 11) is 2.12. The summed E-state index contributed by atoms with van der Waals surface area (Å²) < 4.78 is 0. The van der Waals surface area contributed by atoms with Crippen LogP contribution in [0.4, 0.5) is 5.82 Å². The molecule has 0 N–H and O–H groups in total. The number of hydrogen-bond acceptors (Lipinski definition) is 5. The van der Waals surface area contributed by atoms with Crippen LogP contribution < -0.4 is 4.90 Å². The van der Waals surface area contributed by atoms with Gasteiger partial charge < -0.3 is 9.80 Å². The Labute approximate surface area is 151 Å². The molecule has 3 heterocycles. The van der Waals surface area contributed by atoms with Gasteiger partial charge in [0.1, 0.15) is 12.1 Å². The zero-order chi connectivity index (χ0) is 17.6. The highest BCUT2D eigenvalue weighted by Gasteiger charge is 2.26. The molecule has 0 aliphatic carbocycles. The second kappa shape index (κ2) is 8.61. The molecule has 6 nitrogen and oxygen atoms in total. The van der Waals surface area contributed by atoms with Crippen LogP contribution in [0.5, 0.6) is 0 Å². The van der Waals surface area contributed by atoms with Crippen molar-refractivity contribution in [1.29, 1.82) is 0 Å². The molecule has 0 atom stereocenters. The average Bonchev–Trinajstić information content (AvgIpc) is 2.91. The monoisotopic (exact) mass is 345 g/mol. The van der Waals surface area contributed by atoms with E-state index in [1.54, 1.807) is 6.33 Å². The molecule has 2 saturated heterocycles. The number of nitrogens with zero attached hydrogens (tertiary/aromatic N) is 5. The first-order valence-corrected chi connectivity index (χ1v) is 9.65. The molecule has 0 aromatic carbocycles. The van der Waals surface area contributed by atoms with E-state index >= 15 is 0 Å². The molecule has 3 rings (SSSR count). The summed E-state index contributed by atoms with van der Waals surface area (Å²) in [4.78, 5) is 27.8. The van der Waals surface area contributed by atoms with Gasteiger partial charge in [0, 0.05) is 51.0 Å². The highest BCUT2D eigenvalue weighted by atomic mass is 16.2. The van der Waals surface area contributed by atoms with Crippen molar-refractivity contribution < 1.29 is 4.79 Å². The van der Waals surface area contributed by atoms with Crippen LogP contribution in [0.2, 0.25) is 0 Å². The van der Waals surface area contributed by atoms with Gasteiger partial charge in [0.05, 0.1) is 6.54 Å². The highest BCUT2D eigenvalue weighted by Crippen LogP contribution is 2.21. The van der Waals surface area contributed by atoms with Gasteiger partial charge in [-0.25, -0.2) is 9.97 Å². The maximum absolute atomic E-state index is 12.6. The SMILES string of the molecule is Cc1cc(N(C)C2CCN(CC(=O)N3CCCCCC3)CC2)ncn1. The molecule has 6 heteroatoms. The van der Waals surface area contributed by atoms with E-state index < -0.39 is 0 Å². The molecule has 0 bridgehead atoms. The van der Waals surface area contributed by atoms with E-state index in [1.165, 1.54) is 12.8 Å². The third-order valence-electron chi connectivity index (χ3n) is 5.57. The van der Waals surface area contributed by atoms with Crippen LogP contribution in [0.15, 0.2) is 12.4 Å². The molecule has 2 fully saturated rings. The van der Waals surface area contributed by atoms with Gasteiger partial charge in [0.15, 0.2) is 0 Å². The predicted molar refractivity (Wildman–Crippen MR) is 99.7 cm³/mol. The van der Waals surface area contributed by atoms with Crippen LogP contribution in [0.3, 0.4) is 0 Å². The number of anilines is 1. The number of aryl methyl sites for hydroxylation is 1. The van der Waals surface area contributed by atoms with E-state index in [-0.39, 0.29) is 0 Å². The number of rotatable bonds is 4. The summed E-state index contributed by atoms with van der Waals surface area (Å²) >= 11 is 0. The van der Waals surface area contributed by atoms with Gasteiger partial charge in [0.2, 0.25) is 5.91 Å². The largest absolute Gasteiger partial charge is 0.356 e. The van der Waals surface area contributed by atoms with E-state index in [4.69, 9.17) is 0 Å². The van der Waals surface area contributed by atoms with Crippen molar-refractivity contribution in [3.05, 3.63) is 18.1 Å². The second-order valence-electron chi connectivity index (χ2n) is 7.43. The Balaban J connectivity index is 1.47. The summed E-state index contributed by atoms with van der Waals surface area (Å²) in [5.41, 5.74) is 0.998. The second-order valence-corrected chi connectivity index (χ2v) is 7.43. The highest BCUT2D eigenvalue weighted by molar-refractivity contribution is 5.78. The lowest BCUT2D eigenvalue weighted by Gasteiger charge is -2.37. The number of amides is 1. The first-order valence-electron chi connectivity index (χ1n) is 9.65. The molecule has 25 heavy (non-hydrogen) atoms. The Morgan fingerprint density at radius 3 is 2.44 bits per heavy atom. The lowest BCUT2D eigenvalue weighted by Crippen LogP contribution is -2.47. The first-order chi connectivity index (χ1) is 12.1. The Morgan fingerprint density at radius 2 is 1.80 bits per heavy atom. The maximum Gasteiger partial charge on any atom is 0.236 e. The van der Waals surface area contributed by atoms with Gasteiger partial charge in [-0.3, -0.25) is 9.69 Å². The van der Waals surface area contributed by atoms with Gasteiger partial charge in [-0.05, 0) is 32.6 Å². The Bertz CT molecular complexity index is 563. The fourth-order valence-corrected chi connectivity index (χ4v) is 3.90. The number of aromatic nitrogens is 2. The van der Waals surface area contributed by atoms with Crippen LogP contribution >= 0.6 is 0 Å². The molecule has 0 saturated carbocycles.